The Bertz CT molecular complexity index is 1080. The van der Waals surface area contributed by atoms with Crippen molar-refractivity contribution in [1.29, 1.82) is 0 Å². The van der Waals surface area contributed by atoms with Crippen LogP contribution in [0.4, 0.5) is 0 Å². The number of nitrogens with zero attached hydrogens (tertiary/aromatic N) is 3. The molecule has 8 nitrogen and oxygen atoms in total. The van der Waals surface area contributed by atoms with E-state index in [4.69, 9.17) is 4.74 Å². The molecule has 0 radical (unpaired) electrons. The number of aromatic amines is 1. The van der Waals surface area contributed by atoms with Gasteiger partial charge in [0.15, 0.2) is 0 Å². The number of carbonyl (C=O) groups excluding carboxylic acids is 2. The Morgan fingerprint density at radius 3 is 2.57 bits per heavy atom. The Kier molecular flexibility index (Phi) is 5.80. The van der Waals surface area contributed by atoms with E-state index in [-0.39, 0.29) is 11.6 Å². The van der Waals surface area contributed by atoms with E-state index in [1.54, 1.807) is 28.8 Å². The summed E-state index contributed by atoms with van der Waals surface area (Å²) in [4.78, 5) is 37.7. The molecule has 1 aromatic carbocycles. The lowest BCUT2D eigenvalue weighted by atomic mass is 9.93. The number of aromatic nitrogens is 3. The zero-order chi connectivity index (χ0) is 21.1. The fourth-order valence-electron chi connectivity index (χ4n) is 3.70. The number of hydrogen-bond acceptors (Lipinski definition) is 6. The number of likely N-dealkylation sites (tertiary alicyclic amines) is 1. The van der Waals surface area contributed by atoms with Crippen LogP contribution in [0.5, 0.6) is 5.75 Å². The molecular formula is C21H22N4O4S. The molecule has 0 bridgehead atoms. The molecule has 0 aliphatic carbocycles. The molecule has 1 amide bonds. The van der Waals surface area contributed by atoms with Crippen LogP contribution in [0.2, 0.25) is 0 Å². The van der Waals surface area contributed by atoms with E-state index >= 15 is 0 Å². The van der Waals surface area contributed by atoms with Crippen molar-refractivity contribution < 1.29 is 14.3 Å². The standard InChI is InChI=1S/C21H22N4O4S/c1-14(26)29-17-6-4-16(5-7-17)20(27)24-10-8-15(9-11-24)13-18-22-23-21(28)25(18)19-3-2-12-30-19/h2-7,12,15H,8-11,13H2,1H3,(H,23,28). The third-order valence-corrected chi connectivity index (χ3v) is 6.06. The Hall–Kier alpha value is -3.20. The Balaban J connectivity index is 1.36. The second-order valence-corrected chi connectivity index (χ2v) is 8.22. The van der Waals surface area contributed by atoms with Gasteiger partial charge in [-0.15, -0.1) is 11.3 Å². The molecular weight excluding hydrogens is 404 g/mol. The molecule has 4 rings (SSSR count). The van der Waals surface area contributed by atoms with Crippen molar-refractivity contribution in [2.45, 2.75) is 26.2 Å². The van der Waals surface area contributed by atoms with Gasteiger partial charge in [-0.3, -0.25) is 9.59 Å². The summed E-state index contributed by atoms with van der Waals surface area (Å²) >= 11 is 1.50. The molecule has 0 spiro atoms. The number of piperidine rings is 1. The molecule has 1 fully saturated rings. The van der Waals surface area contributed by atoms with Gasteiger partial charge in [-0.25, -0.2) is 14.5 Å². The van der Waals surface area contributed by atoms with Crippen molar-refractivity contribution in [1.82, 2.24) is 19.7 Å². The zero-order valence-corrected chi connectivity index (χ0v) is 17.4. The SMILES string of the molecule is CC(=O)Oc1ccc(C(=O)N2CCC(Cc3n[nH]c(=O)n3-c3cccs3)CC2)cc1. The number of H-pyrrole nitrogens is 1. The van der Waals surface area contributed by atoms with Gasteiger partial charge in [0.1, 0.15) is 16.6 Å². The van der Waals surface area contributed by atoms with Gasteiger partial charge in [0.2, 0.25) is 0 Å². The van der Waals surface area contributed by atoms with Gasteiger partial charge in [0, 0.05) is 32.0 Å². The number of nitrogens with one attached hydrogen (secondary N) is 1. The van der Waals surface area contributed by atoms with Gasteiger partial charge < -0.3 is 9.64 Å². The lowest BCUT2D eigenvalue weighted by Gasteiger charge is -2.32. The molecule has 1 N–H and O–H groups in total. The molecule has 9 heteroatoms. The smallest absolute Gasteiger partial charge is 0.348 e. The lowest BCUT2D eigenvalue weighted by Crippen LogP contribution is -2.39. The fourth-order valence-corrected chi connectivity index (χ4v) is 4.45. The molecule has 3 aromatic rings. The molecule has 1 aliphatic rings. The first-order valence-electron chi connectivity index (χ1n) is 9.79. The quantitative estimate of drug-likeness (QED) is 0.500. The van der Waals surface area contributed by atoms with Gasteiger partial charge in [0.25, 0.3) is 5.91 Å². The summed E-state index contributed by atoms with van der Waals surface area (Å²) in [7, 11) is 0. The Morgan fingerprint density at radius 2 is 1.93 bits per heavy atom. The van der Waals surface area contributed by atoms with Crippen LogP contribution in [-0.4, -0.2) is 44.6 Å². The highest BCUT2D eigenvalue weighted by molar-refractivity contribution is 7.12. The molecule has 3 heterocycles. The second-order valence-electron chi connectivity index (χ2n) is 7.29. The largest absolute Gasteiger partial charge is 0.427 e. The topological polar surface area (TPSA) is 97.3 Å². The number of rotatable bonds is 5. The highest BCUT2D eigenvalue weighted by Crippen LogP contribution is 2.24. The zero-order valence-electron chi connectivity index (χ0n) is 16.5. The van der Waals surface area contributed by atoms with E-state index in [9.17, 15) is 14.4 Å². The van der Waals surface area contributed by atoms with Crippen LogP contribution in [0.15, 0.2) is 46.6 Å². The average molecular weight is 426 g/mol. The normalized spacial score (nSPS) is 14.6. The molecule has 2 aromatic heterocycles. The molecule has 1 saturated heterocycles. The summed E-state index contributed by atoms with van der Waals surface area (Å²) in [5, 5.41) is 9.55. The fraction of sp³-hybridized carbons (Fsp3) is 0.333. The van der Waals surface area contributed by atoms with Crippen LogP contribution in [0.25, 0.3) is 5.00 Å². The van der Waals surface area contributed by atoms with E-state index in [0.29, 0.717) is 36.7 Å². The van der Waals surface area contributed by atoms with Crippen molar-refractivity contribution in [2.75, 3.05) is 13.1 Å². The van der Waals surface area contributed by atoms with Crippen LogP contribution < -0.4 is 10.4 Å². The van der Waals surface area contributed by atoms with Crippen molar-refractivity contribution in [3.8, 4) is 10.8 Å². The van der Waals surface area contributed by atoms with Crippen molar-refractivity contribution in [3.05, 3.63) is 63.7 Å². The predicted molar refractivity (Wildman–Crippen MR) is 112 cm³/mol. The second kappa shape index (κ2) is 8.66. The van der Waals surface area contributed by atoms with E-state index in [1.807, 2.05) is 22.4 Å². The number of esters is 1. The monoisotopic (exact) mass is 426 g/mol. The van der Waals surface area contributed by atoms with Gasteiger partial charge in [-0.05, 0) is 60.5 Å². The third-order valence-electron chi connectivity index (χ3n) is 5.20. The summed E-state index contributed by atoms with van der Waals surface area (Å²) in [6.07, 6.45) is 2.39. The van der Waals surface area contributed by atoms with Crippen LogP contribution in [0.1, 0.15) is 35.9 Å². The van der Waals surface area contributed by atoms with Crippen molar-refractivity contribution >= 4 is 23.2 Å². The molecule has 156 valence electrons. The first kappa shape index (κ1) is 20.1. The van der Waals surface area contributed by atoms with Crippen molar-refractivity contribution in [3.63, 3.8) is 0 Å². The van der Waals surface area contributed by atoms with Crippen LogP contribution in [0, 0.1) is 5.92 Å². The number of benzene rings is 1. The maximum Gasteiger partial charge on any atom is 0.348 e. The van der Waals surface area contributed by atoms with Crippen LogP contribution in [-0.2, 0) is 11.2 Å². The van der Waals surface area contributed by atoms with Gasteiger partial charge in [-0.2, -0.15) is 5.10 Å². The highest BCUT2D eigenvalue weighted by atomic mass is 32.1. The maximum atomic E-state index is 12.8. The summed E-state index contributed by atoms with van der Waals surface area (Å²) in [6, 6.07) is 10.4. The van der Waals surface area contributed by atoms with E-state index < -0.39 is 5.97 Å². The number of carbonyl (C=O) groups is 2. The average Bonchev–Trinajstić information content (AvgIpc) is 3.38. The molecule has 0 saturated carbocycles. The number of thiophene rings is 1. The van der Waals surface area contributed by atoms with Crippen LogP contribution >= 0.6 is 11.3 Å². The van der Waals surface area contributed by atoms with Gasteiger partial charge in [0.05, 0.1) is 0 Å². The number of amides is 1. The Labute approximate surface area is 177 Å². The minimum atomic E-state index is -0.391. The first-order chi connectivity index (χ1) is 14.5. The molecule has 30 heavy (non-hydrogen) atoms. The summed E-state index contributed by atoms with van der Waals surface area (Å²) in [5.41, 5.74) is 0.348. The summed E-state index contributed by atoms with van der Waals surface area (Å²) in [6.45, 7) is 2.65. The first-order valence-corrected chi connectivity index (χ1v) is 10.7. The van der Waals surface area contributed by atoms with Gasteiger partial charge >= 0.3 is 11.7 Å². The van der Waals surface area contributed by atoms with E-state index in [1.165, 1.54) is 18.3 Å². The number of ether oxygens (including phenoxy) is 1. The van der Waals surface area contributed by atoms with E-state index in [0.717, 1.165) is 23.7 Å². The minimum Gasteiger partial charge on any atom is -0.427 e. The maximum absolute atomic E-state index is 12.8. The van der Waals surface area contributed by atoms with E-state index in [2.05, 4.69) is 10.2 Å². The molecule has 0 atom stereocenters. The number of hydrogen-bond donors (Lipinski definition) is 1. The third kappa shape index (κ3) is 4.35. The predicted octanol–water partition coefficient (Wildman–Crippen LogP) is 2.64. The summed E-state index contributed by atoms with van der Waals surface area (Å²) in [5.74, 6) is 1.09. The molecule has 1 aliphatic heterocycles. The Morgan fingerprint density at radius 1 is 1.20 bits per heavy atom. The lowest BCUT2D eigenvalue weighted by molar-refractivity contribution is -0.131. The highest BCUT2D eigenvalue weighted by Gasteiger charge is 2.25. The van der Waals surface area contributed by atoms with Crippen molar-refractivity contribution in [2.24, 2.45) is 5.92 Å². The summed E-state index contributed by atoms with van der Waals surface area (Å²) < 4.78 is 6.64. The van der Waals surface area contributed by atoms with Gasteiger partial charge in [-0.1, -0.05) is 0 Å². The van der Waals surface area contributed by atoms with Crippen LogP contribution in [0.3, 0.4) is 0 Å². The minimum absolute atomic E-state index is 0.0295. The molecule has 0 unspecified atom stereocenters.